The number of carbonyl (C=O) groups is 1. The molecule has 0 aliphatic carbocycles. The third-order valence-corrected chi connectivity index (χ3v) is 4.74. The first-order valence-corrected chi connectivity index (χ1v) is 8.96. The number of alkyl halides is 3. The van der Waals surface area contributed by atoms with Gasteiger partial charge in [-0.15, -0.1) is 0 Å². The van der Waals surface area contributed by atoms with Crippen LogP contribution in [-0.4, -0.2) is 33.4 Å². The molecule has 0 spiro atoms. The van der Waals surface area contributed by atoms with Crippen LogP contribution < -0.4 is 0 Å². The molecule has 0 N–H and O–H groups in total. The fourth-order valence-corrected chi connectivity index (χ4v) is 3.13. The lowest BCUT2D eigenvalue weighted by Gasteiger charge is -2.25. The van der Waals surface area contributed by atoms with Crippen LogP contribution in [0.4, 0.5) is 13.2 Å². The van der Waals surface area contributed by atoms with Crippen LogP contribution in [0, 0.1) is 6.92 Å². The van der Waals surface area contributed by atoms with Crippen LogP contribution >= 0.6 is 11.6 Å². The molecule has 0 atom stereocenters. The van der Waals surface area contributed by atoms with Crippen molar-refractivity contribution in [1.82, 2.24) is 14.5 Å². The van der Waals surface area contributed by atoms with Gasteiger partial charge in [0, 0.05) is 30.9 Å². The molecule has 0 unspecified atom stereocenters. The summed E-state index contributed by atoms with van der Waals surface area (Å²) in [6.07, 6.45) is -3.25. The minimum Gasteiger partial charge on any atom is -0.338 e. The van der Waals surface area contributed by atoms with E-state index in [1.165, 1.54) is 24.1 Å². The highest BCUT2D eigenvalue weighted by atomic mass is 35.5. The molecule has 0 aliphatic heterocycles. The van der Waals surface area contributed by atoms with Crippen LogP contribution in [0.25, 0.3) is 11.3 Å². The van der Waals surface area contributed by atoms with Gasteiger partial charge >= 0.3 is 6.18 Å². The van der Waals surface area contributed by atoms with Gasteiger partial charge in [0.05, 0.1) is 10.7 Å². The van der Waals surface area contributed by atoms with Gasteiger partial charge in [-0.05, 0) is 52.3 Å². The Kier molecular flexibility index (Phi) is 5.94. The lowest BCUT2D eigenvalue weighted by atomic mass is 10.0. The monoisotopic (exact) mass is 401 g/mol. The summed E-state index contributed by atoms with van der Waals surface area (Å²) < 4.78 is 42.7. The summed E-state index contributed by atoms with van der Waals surface area (Å²) in [5, 5.41) is 0.364. The standard InChI is InChI=1S/C19H23ClF3N3O/c1-10(2)25(6)18(27)16-15(14-8-7-13(20)9-24-14)12(5)17(19(21,22)23)26(16)11(3)4/h7-11H,1-6H3. The van der Waals surface area contributed by atoms with Gasteiger partial charge in [-0.25, -0.2) is 0 Å². The number of hydrogen-bond acceptors (Lipinski definition) is 2. The van der Waals surface area contributed by atoms with Crippen LogP contribution in [0.15, 0.2) is 18.3 Å². The molecule has 0 bridgehead atoms. The molecule has 4 nitrogen and oxygen atoms in total. The van der Waals surface area contributed by atoms with E-state index < -0.39 is 23.8 Å². The Morgan fingerprint density at radius 1 is 1.22 bits per heavy atom. The van der Waals surface area contributed by atoms with Crippen LogP contribution in [0.2, 0.25) is 5.02 Å². The van der Waals surface area contributed by atoms with Crippen LogP contribution in [-0.2, 0) is 6.18 Å². The Bertz CT molecular complexity index is 839. The number of halogens is 4. The second kappa shape index (κ2) is 7.54. The molecular formula is C19H23ClF3N3O. The summed E-state index contributed by atoms with van der Waals surface area (Å²) in [6.45, 7) is 8.23. The van der Waals surface area contributed by atoms with E-state index in [1.807, 2.05) is 0 Å². The molecule has 148 valence electrons. The number of pyridine rings is 1. The number of hydrogen-bond donors (Lipinski definition) is 0. The molecule has 1 amide bonds. The van der Waals surface area contributed by atoms with Crippen LogP contribution in [0.1, 0.15) is 55.5 Å². The van der Waals surface area contributed by atoms with E-state index in [9.17, 15) is 18.0 Å². The predicted octanol–water partition coefficient (Wildman–Crippen LogP) is 5.59. The summed E-state index contributed by atoms with van der Waals surface area (Å²) in [5.41, 5.74) is -0.398. The molecule has 8 heteroatoms. The SMILES string of the molecule is Cc1c(-c2ccc(Cl)cn2)c(C(=O)N(C)C(C)C)n(C(C)C)c1C(F)(F)F. The minimum absolute atomic E-state index is 0.0131. The first-order valence-electron chi connectivity index (χ1n) is 8.59. The van der Waals surface area contributed by atoms with Gasteiger partial charge in [-0.2, -0.15) is 13.2 Å². The highest BCUT2D eigenvalue weighted by Gasteiger charge is 2.42. The smallest absolute Gasteiger partial charge is 0.338 e. The van der Waals surface area contributed by atoms with Crippen molar-refractivity contribution in [2.24, 2.45) is 0 Å². The van der Waals surface area contributed by atoms with Gasteiger partial charge in [0.1, 0.15) is 11.4 Å². The highest BCUT2D eigenvalue weighted by Crippen LogP contribution is 2.42. The summed E-state index contributed by atoms with van der Waals surface area (Å²) in [5.74, 6) is -0.482. The summed E-state index contributed by atoms with van der Waals surface area (Å²) in [7, 11) is 1.58. The lowest BCUT2D eigenvalue weighted by molar-refractivity contribution is -0.144. The Balaban J connectivity index is 2.93. The normalized spacial score (nSPS) is 12.1. The predicted molar refractivity (Wildman–Crippen MR) is 100 cm³/mol. The number of carbonyl (C=O) groups excluding carboxylic acids is 1. The summed E-state index contributed by atoms with van der Waals surface area (Å²) in [6, 6.07) is 2.33. The molecule has 2 rings (SSSR count). The quantitative estimate of drug-likeness (QED) is 0.669. The largest absolute Gasteiger partial charge is 0.431 e. The maximum absolute atomic E-state index is 13.9. The Labute approximate surface area is 161 Å². The third-order valence-electron chi connectivity index (χ3n) is 4.51. The van der Waals surface area contributed by atoms with Crippen molar-refractivity contribution in [1.29, 1.82) is 0 Å². The number of amides is 1. The van der Waals surface area contributed by atoms with Crippen LogP contribution in [0.3, 0.4) is 0 Å². The molecule has 0 radical (unpaired) electrons. The maximum Gasteiger partial charge on any atom is 0.431 e. The Morgan fingerprint density at radius 3 is 2.22 bits per heavy atom. The van der Waals surface area contributed by atoms with Crippen molar-refractivity contribution in [3.63, 3.8) is 0 Å². The van der Waals surface area contributed by atoms with Crippen molar-refractivity contribution in [2.75, 3.05) is 7.05 Å². The molecule has 0 saturated heterocycles. The highest BCUT2D eigenvalue weighted by molar-refractivity contribution is 6.30. The molecule has 0 aromatic carbocycles. The average Bonchev–Trinajstić information content (AvgIpc) is 2.87. The van der Waals surface area contributed by atoms with Crippen molar-refractivity contribution < 1.29 is 18.0 Å². The third kappa shape index (κ3) is 3.98. The topological polar surface area (TPSA) is 38.1 Å². The van der Waals surface area contributed by atoms with Gasteiger partial charge in [0.2, 0.25) is 0 Å². The van der Waals surface area contributed by atoms with Crippen molar-refractivity contribution in [3.8, 4) is 11.3 Å². The molecule has 0 aliphatic rings. The summed E-state index contributed by atoms with van der Waals surface area (Å²) in [4.78, 5) is 18.7. The average molecular weight is 402 g/mol. The van der Waals surface area contributed by atoms with Gasteiger partial charge in [-0.3, -0.25) is 9.78 Å². The molecular weight excluding hydrogens is 379 g/mol. The second-order valence-corrected chi connectivity index (χ2v) is 7.47. The van der Waals surface area contributed by atoms with Crippen molar-refractivity contribution in [2.45, 2.75) is 52.9 Å². The molecule has 2 aromatic rings. The molecule has 27 heavy (non-hydrogen) atoms. The fourth-order valence-electron chi connectivity index (χ4n) is 3.02. The van der Waals surface area contributed by atoms with E-state index in [0.717, 1.165) is 4.57 Å². The summed E-state index contributed by atoms with van der Waals surface area (Å²) >= 11 is 5.87. The van der Waals surface area contributed by atoms with Gasteiger partial charge in [-0.1, -0.05) is 11.6 Å². The Morgan fingerprint density at radius 2 is 1.81 bits per heavy atom. The zero-order valence-corrected chi connectivity index (χ0v) is 16.9. The number of aromatic nitrogens is 2. The van der Waals surface area contributed by atoms with Crippen molar-refractivity contribution in [3.05, 3.63) is 40.3 Å². The van der Waals surface area contributed by atoms with E-state index in [-0.39, 0.29) is 28.6 Å². The molecule has 2 aromatic heterocycles. The zero-order valence-electron chi connectivity index (χ0n) is 16.1. The minimum atomic E-state index is -4.61. The van der Waals surface area contributed by atoms with E-state index >= 15 is 0 Å². The Hall–Kier alpha value is -2.02. The van der Waals surface area contributed by atoms with Gasteiger partial charge < -0.3 is 9.47 Å². The van der Waals surface area contributed by atoms with E-state index in [1.54, 1.807) is 40.8 Å². The molecule has 0 saturated carbocycles. The zero-order chi connectivity index (χ0) is 20.7. The number of rotatable bonds is 4. The number of nitrogens with zero attached hydrogens (tertiary/aromatic N) is 3. The second-order valence-electron chi connectivity index (χ2n) is 7.03. The van der Waals surface area contributed by atoms with Crippen molar-refractivity contribution >= 4 is 17.5 Å². The van der Waals surface area contributed by atoms with E-state index in [2.05, 4.69) is 4.98 Å². The maximum atomic E-state index is 13.9. The molecule has 2 heterocycles. The fraction of sp³-hybridized carbons (Fsp3) is 0.474. The first kappa shape index (κ1) is 21.3. The van der Waals surface area contributed by atoms with E-state index in [4.69, 9.17) is 11.6 Å². The van der Waals surface area contributed by atoms with Gasteiger partial charge in [0.15, 0.2) is 0 Å². The van der Waals surface area contributed by atoms with Gasteiger partial charge in [0.25, 0.3) is 5.91 Å². The van der Waals surface area contributed by atoms with E-state index in [0.29, 0.717) is 5.02 Å². The lowest BCUT2D eigenvalue weighted by Crippen LogP contribution is -2.35. The van der Waals surface area contributed by atoms with Crippen LogP contribution in [0.5, 0.6) is 0 Å². The first-order chi connectivity index (χ1) is 12.4. The molecule has 0 fully saturated rings.